The number of anilines is 1. The minimum absolute atomic E-state index is 0.647. The number of hydrogen-bond acceptors (Lipinski definition) is 4. The minimum atomic E-state index is 0.647. The average molecular weight is 223 g/mol. The Kier molecular flexibility index (Phi) is 3.08. The summed E-state index contributed by atoms with van der Waals surface area (Å²) in [6.07, 6.45) is 1.25. The number of ether oxygens (including phenoxy) is 3. The Morgan fingerprint density at radius 1 is 0.938 bits per heavy atom. The van der Waals surface area contributed by atoms with Gasteiger partial charge in [0.15, 0.2) is 11.5 Å². The zero-order chi connectivity index (χ0) is 11.5. The summed E-state index contributed by atoms with van der Waals surface area (Å²) in [5.74, 6) is 2.07. The van der Waals surface area contributed by atoms with Crippen LogP contribution >= 0.6 is 0 Å². The van der Waals surface area contributed by atoms with Gasteiger partial charge in [0.2, 0.25) is 5.75 Å². The second-order valence-electron chi connectivity index (χ2n) is 3.72. The highest BCUT2D eigenvalue weighted by molar-refractivity contribution is 5.64. The third-order valence-electron chi connectivity index (χ3n) is 2.87. The van der Waals surface area contributed by atoms with Crippen LogP contribution in [0.3, 0.4) is 0 Å². The molecular formula is C12H17NO3. The van der Waals surface area contributed by atoms with Gasteiger partial charge in [-0.25, -0.2) is 0 Å². The lowest BCUT2D eigenvalue weighted by Crippen LogP contribution is -2.36. The van der Waals surface area contributed by atoms with Gasteiger partial charge in [-0.05, 0) is 6.42 Å². The molecule has 0 radical (unpaired) electrons. The van der Waals surface area contributed by atoms with Crippen molar-refractivity contribution in [3.05, 3.63) is 12.1 Å². The van der Waals surface area contributed by atoms with Crippen LogP contribution in [0, 0.1) is 0 Å². The van der Waals surface area contributed by atoms with Gasteiger partial charge in [-0.2, -0.15) is 0 Å². The van der Waals surface area contributed by atoms with Gasteiger partial charge in [0, 0.05) is 30.9 Å². The van der Waals surface area contributed by atoms with Crippen LogP contribution in [0.4, 0.5) is 5.69 Å². The summed E-state index contributed by atoms with van der Waals surface area (Å²) in [4.78, 5) is 2.28. The van der Waals surface area contributed by atoms with E-state index in [1.54, 1.807) is 21.3 Å². The molecule has 0 atom stereocenters. The van der Waals surface area contributed by atoms with Gasteiger partial charge in [0.1, 0.15) is 0 Å². The summed E-state index contributed by atoms with van der Waals surface area (Å²) in [6, 6.07) is 3.97. The molecule has 0 unspecified atom stereocenters. The molecular weight excluding hydrogens is 206 g/mol. The molecule has 88 valence electrons. The summed E-state index contributed by atoms with van der Waals surface area (Å²) >= 11 is 0. The maximum Gasteiger partial charge on any atom is 0.203 e. The molecule has 0 aromatic heterocycles. The SMILES string of the molecule is COc1cc(N2CCC2)cc(OC)c1OC. The Balaban J connectivity index is 2.40. The molecule has 1 aliphatic rings. The van der Waals surface area contributed by atoms with Gasteiger partial charge in [-0.15, -0.1) is 0 Å². The lowest BCUT2D eigenvalue weighted by atomic mass is 10.1. The molecule has 1 fully saturated rings. The highest BCUT2D eigenvalue weighted by Gasteiger charge is 2.19. The topological polar surface area (TPSA) is 30.9 Å². The van der Waals surface area contributed by atoms with Crippen molar-refractivity contribution < 1.29 is 14.2 Å². The molecule has 1 aliphatic heterocycles. The molecule has 4 nitrogen and oxygen atoms in total. The second-order valence-corrected chi connectivity index (χ2v) is 3.72. The van der Waals surface area contributed by atoms with Crippen LogP contribution in [0.2, 0.25) is 0 Å². The maximum atomic E-state index is 5.31. The predicted octanol–water partition coefficient (Wildman–Crippen LogP) is 1.92. The van der Waals surface area contributed by atoms with E-state index in [0.717, 1.165) is 18.8 Å². The number of rotatable bonds is 4. The molecule has 4 heteroatoms. The Hall–Kier alpha value is -1.58. The number of benzene rings is 1. The minimum Gasteiger partial charge on any atom is -0.493 e. The van der Waals surface area contributed by atoms with Gasteiger partial charge in [0.25, 0.3) is 0 Å². The zero-order valence-corrected chi connectivity index (χ0v) is 9.95. The number of hydrogen-bond donors (Lipinski definition) is 0. The normalized spacial score (nSPS) is 14.3. The Morgan fingerprint density at radius 2 is 1.50 bits per heavy atom. The highest BCUT2D eigenvalue weighted by atomic mass is 16.5. The maximum absolute atomic E-state index is 5.31. The fourth-order valence-corrected chi connectivity index (χ4v) is 1.82. The smallest absolute Gasteiger partial charge is 0.203 e. The van der Waals surface area contributed by atoms with Gasteiger partial charge in [-0.1, -0.05) is 0 Å². The van der Waals surface area contributed by atoms with Gasteiger partial charge >= 0.3 is 0 Å². The van der Waals surface area contributed by atoms with Crippen molar-refractivity contribution in [1.29, 1.82) is 0 Å². The molecule has 1 heterocycles. The third kappa shape index (κ3) is 1.75. The standard InChI is InChI=1S/C12H17NO3/c1-14-10-7-9(13-5-4-6-13)8-11(15-2)12(10)16-3/h7-8H,4-6H2,1-3H3. The Labute approximate surface area is 95.7 Å². The van der Waals surface area contributed by atoms with Crippen LogP contribution in [0.15, 0.2) is 12.1 Å². The van der Waals surface area contributed by atoms with Gasteiger partial charge < -0.3 is 19.1 Å². The quantitative estimate of drug-likeness (QED) is 0.780. The van der Waals surface area contributed by atoms with Crippen molar-refractivity contribution in [2.45, 2.75) is 6.42 Å². The molecule has 1 saturated heterocycles. The predicted molar refractivity (Wildman–Crippen MR) is 62.9 cm³/mol. The summed E-state index contributed by atoms with van der Waals surface area (Å²) in [5.41, 5.74) is 1.13. The fraction of sp³-hybridized carbons (Fsp3) is 0.500. The molecule has 0 aliphatic carbocycles. The van der Waals surface area contributed by atoms with Crippen LogP contribution in [0.1, 0.15) is 6.42 Å². The van der Waals surface area contributed by atoms with E-state index in [4.69, 9.17) is 14.2 Å². The van der Waals surface area contributed by atoms with Crippen LogP contribution in [-0.2, 0) is 0 Å². The molecule has 0 spiro atoms. The van der Waals surface area contributed by atoms with Crippen molar-refractivity contribution >= 4 is 5.69 Å². The first kappa shape index (κ1) is 10.9. The first-order valence-electron chi connectivity index (χ1n) is 5.35. The Morgan fingerprint density at radius 3 is 1.81 bits per heavy atom. The van der Waals surface area contributed by atoms with Gasteiger partial charge in [0.05, 0.1) is 21.3 Å². The van der Waals surface area contributed by atoms with Crippen molar-refractivity contribution in [3.63, 3.8) is 0 Å². The third-order valence-corrected chi connectivity index (χ3v) is 2.87. The molecule has 0 amide bonds. The summed E-state index contributed by atoms with van der Waals surface area (Å²) in [5, 5.41) is 0. The van der Waals surface area contributed by atoms with Crippen molar-refractivity contribution in [2.24, 2.45) is 0 Å². The second kappa shape index (κ2) is 4.51. The van der Waals surface area contributed by atoms with E-state index in [1.807, 2.05) is 12.1 Å². The molecule has 0 saturated carbocycles. The van der Waals surface area contributed by atoms with E-state index >= 15 is 0 Å². The highest BCUT2D eigenvalue weighted by Crippen LogP contribution is 2.41. The zero-order valence-electron chi connectivity index (χ0n) is 9.95. The van der Waals surface area contributed by atoms with Gasteiger partial charge in [-0.3, -0.25) is 0 Å². The lowest BCUT2D eigenvalue weighted by Gasteiger charge is -2.33. The van der Waals surface area contributed by atoms with E-state index < -0.39 is 0 Å². The summed E-state index contributed by atoms with van der Waals surface area (Å²) in [6.45, 7) is 2.19. The first-order chi connectivity index (χ1) is 7.80. The fourth-order valence-electron chi connectivity index (χ4n) is 1.82. The van der Waals surface area contributed by atoms with E-state index in [1.165, 1.54) is 6.42 Å². The number of methoxy groups -OCH3 is 3. The first-order valence-corrected chi connectivity index (χ1v) is 5.35. The van der Waals surface area contributed by atoms with Crippen LogP contribution in [0.5, 0.6) is 17.2 Å². The monoisotopic (exact) mass is 223 g/mol. The molecule has 1 aromatic carbocycles. The summed E-state index contributed by atoms with van der Waals surface area (Å²) < 4.78 is 15.9. The molecule has 1 aromatic rings. The summed E-state index contributed by atoms with van der Waals surface area (Å²) in [7, 11) is 4.89. The van der Waals surface area contributed by atoms with Crippen molar-refractivity contribution in [1.82, 2.24) is 0 Å². The van der Waals surface area contributed by atoms with Crippen LogP contribution in [0.25, 0.3) is 0 Å². The van der Waals surface area contributed by atoms with Crippen molar-refractivity contribution in [2.75, 3.05) is 39.3 Å². The lowest BCUT2D eigenvalue weighted by molar-refractivity contribution is 0.324. The van der Waals surface area contributed by atoms with Crippen LogP contribution in [-0.4, -0.2) is 34.4 Å². The molecule has 0 N–H and O–H groups in total. The van der Waals surface area contributed by atoms with Crippen LogP contribution < -0.4 is 19.1 Å². The molecule has 16 heavy (non-hydrogen) atoms. The largest absolute Gasteiger partial charge is 0.493 e. The van der Waals surface area contributed by atoms with Crippen molar-refractivity contribution in [3.8, 4) is 17.2 Å². The van der Waals surface area contributed by atoms with E-state index in [9.17, 15) is 0 Å². The molecule has 0 bridgehead atoms. The van der Waals surface area contributed by atoms with E-state index in [2.05, 4.69) is 4.90 Å². The Bertz CT molecular complexity index is 350. The average Bonchev–Trinajstić information content (AvgIpc) is 2.25. The van der Waals surface area contributed by atoms with E-state index in [-0.39, 0.29) is 0 Å². The molecule has 2 rings (SSSR count). The number of nitrogens with zero attached hydrogens (tertiary/aromatic N) is 1. The van der Waals surface area contributed by atoms with E-state index in [0.29, 0.717) is 17.2 Å².